The molecule has 5 nitrogen and oxygen atoms in total. The third-order valence-electron chi connectivity index (χ3n) is 3.09. The Balaban J connectivity index is 1.78. The van der Waals surface area contributed by atoms with Gasteiger partial charge in [-0.3, -0.25) is 4.79 Å². The Morgan fingerprint density at radius 3 is 2.57 bits per heavy atom. The third kappa shape index (κ3) is 5.25. The molecule has 116 valence electrons. The van der Waals surface area contributed by atoms with Crippen LogP contribution in [0.1, 0.15) is 32.6 Å². The molecular formula is C14H20Cl2N4O. The summed E-state index contributed by atoms with van der Waals surface area (Å²) in [5.74, 6) is 1.31. The molecule has 1 saturated carbocycles. The predicted molar refractivity (Wildman–Crippen MR) is 87.3 cm³/mol. The number of nitrogens with one attached hydrogen (secondary N) is 3. The first-order chi connectivity index (χ1) is 10.1. The van der Waals surface area contributed by atoms with E-state index in [9.17, 15) is 4.79 Å². The molecule has 1 heterocycles. The first kappa shape index (κ1) is 16.2. The molecule has 7 heteroatoms. The summed E-state index contributed by atoms with van der Waals surface area (Å²) in [4.78, 5) is 15.9. The summed E-state index contributed by atoms with van der Waals surface area (Å²) in [5, 5.41) is 10.2. The highest BCUT2D eigenvalue weighted by Crippen LogP contribution is 2.29. The van der Waals surface area contributed by atoms with Crippen molar-refractivity contribution in [3.8, 4) is 0 Å². The third-order valence-corrected chi connectivity index (χ3v) is 3.67. The molecule has 0 bridgehead atoms. The van der Waals surface area contributed by atoms with E-state index in [4.69, 9.17) is 23.2 Å². The zero-order chi connectivity index (χ0) is 15.2. The van der Waals surface area contributed by atoms with Gasteiger partial charge in [0.25, 0.3) is 0 Å². The fourth-order valence-corrected chi connectivity index (χ4v) is 2.36. The SMILES string of the molecule is CCNc1nc(NCCCC(=O)NC2CC2)c(Cl)cc1Cl. The van der Waals surface area contributed by atoms with Crippen LogP contribution in [0.2, 0.25) is 10.0 Å². The molecule has 0 aliphatic heterocycles. The molecule has 1 fully saturated rings. The Kier molecular flexibility index (Phi) is 5.94. The van der Waals surface area contributed by atoms with Crippen molar-refractivity contribution >= 4 is 40.7 Å². The summed E-state index contributed by atoms with van der Waals surface area (Å²) in [6, 6.07) is 2.08. The lowest BCUT2D eigenvalue weighted by Crippen LogP contribution is -2.25. The van der Waals surface area contributed by atoms with E-state index in [1.807, 2.05) is 6.92 Å². The van der Waals surface area contributed by atoms with Gasteiger partial charge in [-0.25, -0.2) is 4.98 Å². The number of carbonyl (C=O) groups excluding carboxylic acids is 1. The molecule has 0 spiro atoms. The number of hydrogen-bond acceptors (Lipinski definition) is 4. The highest BCUT2D eigenvalue weighted by Gasteiger charge is 2.22. The van der Waals surface area contributed by atoms with E-state index in [-0.39, 0.29) is 5.91 Å². The van der Waals surface area contributed by atoms with Gasteiger partial charge < -0.3 is 16.0 Å². The van der Waals surface area contributed by atoms with Gasteiger partial charge in [0.2, 0.25) is 5.91 Å². The molecule has 1 aliphatic rings. The molecule has 0 saturated heterocycles. The smallest absolute Gasteiger partial charge is 0.220 e. The van der Waals surface area contributed by atoms with Crippen molar-refractivity contribution in [2.45, 2.75) is 38.6 Å². The molecule has 21 heavy (non-hydrogen) atoms. The lowest BCUT2D eigenvalue weighted by Gasteiger charge is -2.11. The van der Waals surface area contributed by atoms with Gasteiger partial charge in [0.05, 0.1) is 10.0 Å². The normalized spacial score (nSPS) is 13.9. The second-order valence-corrected chi connectivity index (χ2v) is 5.87. The first-order valence-electron chi connectivity index (χ1n) is 7.23. The highest BCUT2D eigenvalue weighted by atomic mass is 35.5. The van der Waals surface area contributed by atoms with Crippen LogP contribution in [-0.4, -0.2) is 30.0 Å². The molecule has 0 atom stereocenters. The molecule has 0 radical (unpaired) electrons. The van der Waals surface area contributed by atoms with Crippen molar-refractivity contribution in [3.63, 3.8) is 0 Å². The number of anilines is 2. The van der Waals surface area contributed by atoms with Crippen LogP contribution in [0, 0.1) is 0 Å². The van der Waals surface area contributed by atoms with Crippen molar-refractivity contribution in [1.29, 1.82) is 0 Å². The van der Waals surface area contributed by atoms with Gasteiger partial charge in [-0.15, -0.1) is 0 Å². The van der Waals surface area contributed by atoms with Crippen LogP contribution in [0.25, 0.3) is 0 Å². The molecule has 1 aromatic heterocycles. The zero-order valence-electron chi connectivity index (χ0n) is 12.0. The Bertz CT molecular complexity index is 506. The van der Waals surface area contributed by atoms with Gasteiger partial charge in [-0.05, 0) is 32.3 Å². The minimum atomic E-state index is 0.114. The monoisotopic (exact) mass is 330 g/mol. The highest BCUT2D eigenvalue weighted by molar-refractivity contribution is 6.37. The molecule has 1 aromatic rings. The summed E-state index contributed by atoms with van der Waals surface area (Å²) < 4.78 is 0. The van der Waals surface area contributed by atoms with E-state index >= 15 is 0 Å². The number of rotatable bonds is 8. The van der Waals surface area contributed by atoms with Crippen LogP contribution >= 0.6 is 23.2 Å². The number of pyridine rings is 1. The summed E-state index contributed by atoms with van der Waals surface area (Å²) >= 11 is 12.2. The van der Waals surface area contributed by atoms with Gasteiger partial charge in [-0.2, -0.15) is 0 Å². The lowest BCUT2D eigenvalue weighted by atomic mass is 10.3. The fraction of sp³-hybridized carbons (Fsp3) is 0.571. The fourth-order valence-electron chi connectivity index (χ4n) is 1.87. The van der Waals surface area contributed by atoms with Crippen LogP contribution < -0.4 is 16.0 Å². The van der Waals surface area contributed by atoms with Crippen LogP contribution in [0.4, 0.5) is 11.6 Å². The summed E-state index contributed by atoms with van der Waals surface area (Å²) in [6.07, 6.45) is 3.47. The zero-order valence-corrected chi connectivity index (χ0v) is 13.5. The van der Waals surface area contributed by atoms with E-state index in [0.29, 0.717) is 40.7 Å². The molecule has 0 unspecified atom stereocenters. The van der Waals surface area contributed by atoms with Crippen LogP contribution in [0.15, 0.2) is 6.07 Å². The lowest BCUT2D eigenvalue weighted by molar-refractivity contribution is -0.121. The second kappa shape index (κ2) is 7.71. The molecule has 3 N–H and O–H groups in total. The maximum absolute atomic E-state index is 11.5. The average molecular weight is 331 g/mol. The quantitative estimate of drug-likeness (QED) is 0.640. The Hall–Kier alpha value is -1.20. The van der Waals surface area contributed by atoms with Gasteiger partial charge in [-0.1, -0.05) is 23.2 Å². The number of halogens is 2. The number of carbonyl (C=O) groups is 1. The Morgan fingerprint density at radius 2 is 1.95 bits per heavy atom. The summed E-state index contributed by atoms with van der Waals surface area (Å²) in [5.41, 5.74) is 0. The van der Waals surface area contributed by atoms with Crippen LogP contribution in [0.5, 0.6) is 0 Å². The Labute approximate surface area is 134 Å². The number of hydrogen-bond donors (Lipinski definition) is 3. The van der Waals surface area contributed by atoms with Gasteiger partial charge in [0, 0.05) is 25.6 Å². The minimum Gasteiger partial charge on any atom is -0.369 e. The largest absolute Gasteiger partial charge is 0.369 e. The molecule has 0 aromatic carbocycles. The van der Waals surface area contributed by atoms with Crippen molar-refractivity contribution in [2.75, 3.05) is 23.7 Å². The van der Waals surface area contributed by atoms with Crippen LogP contribution in [-0.2, 0) is 4.79 Å². The number of nitrogens with zero attached hydrogens (tertiary/aromatic N) is 1. The predicted octanol–water partition coefficient (Wildman–Crippen LogP) is 3.29. The topological polar surface area (TPSA) is 66.0 Å². The minimum absolute atomic E-state index is 0.114. The first-order valence-corrected chi connectivity index (χ1v) is 7.99. The maximum Gasteiger partial charge on any atom is 0.220 e. The number of aromatic nitrogens is 1. The van der Waals surface area contributed by atoms with Gasteiger partial charge >= 0.3 is 0 Å². The van der Waals surface area contributed by atoms with Crippen molar-refractivity contribution in [3.05, 3.63) is 16.1 Å². The van der Waals surface area contributed by atoms with Gasteiger partial charge in [0.15, 0.2) is 0 Å². The van der Waals surface area contributed by atoms with Crippen molar-refractivity contribution in [2.24, 2.45) is 0 Å². The van der Waals surface area contributed by atoms with Crippen LogP contribution in [0.3, 0.4) is 0 Å². The standard InChI is InChI=1S/C14H20Cl2N4O/c1-2-17-13-10(15)8-11(16)14(20-13)18-7-3-4-12(21)19-9-5-6-9/h8-9H,2-7H2,1H3,(H,19,21)(H2,17,18,20). The summed E-state index contributed by atoms with van der Waals surface area (Å²) in [6.45, 7) is 3.34. The van der Waals surface area contributed by atoms with E-state index in [0.717, 1.165) is 25.8 Å². The molecule has 1 amide bonds. The van der Waals surface area contributed by atoms with Gasteiger partial charge in [0.1, 0.15) is 11.6 Å². The van der Waals surface area contributed by atoms with Crippen molar-refractivity contribution in [1.82, 2.24) is 10.3 Å². The Morgan fingerprint density at radius 1 is 1.29 bits per heavy atom. The average Bonchev–Trinajstić information content (AvgIpc) is 3.23. The second-order valence-electron chi connectivity index (χ2n) is 5.05. The molecule has 2 rings (SSSR count). The van der Waals surface area contributed by atoms with E-state index in [1.165, 1.54) is 0 Å². The van der Waals surface area contributed by atoms with E-state index < -0.39 is 0 Å². The number of amides is 1. The van der Waals surface area contributed by atoms with E-state index in [2.05, 4.69) is 20.9 Å². The van der Waals surface area contributed by atoms with Crippen molar-refractivity contribution < 1.29 is 4.79 Å². The molecular weight excluding hydrogens is 311 g/mol. The maximum atomic E-state index is 11.5. The van der Waals surface area contributed by atoms with E-state index in [1.54, 1.807) is 6.07 Å². The molecule has 1 aliphatic carbocycles. The summed E-state index contributed by atoms with van der Waals surface area (Å²) in [7, 11) is 0.